The van der Waals surface area contributed by atoms with Crippen molar-refractivity contribution < 1.29 is 9.09 Å². The van der Waals surface area contributed by atoms with Gasteiger partial charge in [-0.1, -0.05) is 35.9 Å². The zero-order valence-electron chi connectivity index (χ0n) is 8.96. The molecule has 0 saturated heterocycles. The van der Waals surface area contributed by atoms with Crippen molar-refractivity contribution in [3.8, 4) is 5.75 Å². The van der Waals surface area contributed by atoms with Crippen molar-refractivity contribution in [1.29, 1.82) is 0 Å². The molecule has 0 aromatic heterocycles. The van der Waals surface area contributed by atoms with Crippen molar-refractivity contribution >= 4 is 13.3 Å². The zero-order valence-corrected chi connectivity index (χ0v) is 9.85. The van der Waals surface area contributed by atoms with E-state index in [0.717, 1.165) is 5.56 Å². The van der Waals surface area contributed by atoms with Gasteiger partial charge in [0.25, 0.3) is 0 Å². The van der Waals surface area contributed by atoms with Gasteiger partial charge in [0, 0.05) is 0 Å². The minimum absolute atomic E-state index is 0.635. The minimum atomic E-state index is -1.81. The van der Waals surface area contributed by atoms with E-state index in [0.29, 0.717) is 11.1 Å². The van der Waals surface area contributed by atoms with Crippen molar-refractivity contribution in [2.45, 2.75) is 6.92 Å². The van der Waals surface area contributed by atoms with Crippen LogP contribution >= 0.6 is 8.03 Å². The lowest BCUT2D eigenvalue weighted by Crippen LogP contribution is -1.98. The van der Waals surface area contributed by atoms with Gasteiger partial charge in [-0.3, -0.25) is 4.52 Å². The Labute approximate surface area is 95.8 Å². The highest BCUT2D eigenvalue weighted by molar-refractivity contribution is 7.48. The average Bonchev–Trinajstić information content (AvgIpc) is 2.33. The molecular formula is C13H12O2P+. The molecule has 16 heavy (non-hydrogen) atoms. The zero-order chi connectivity index (χ0) is 11.4. The van der Waals surface area contributed by atoms with E-state index < -0.39 is 8.03 Å². The summed E-state index contributed by atoms with van der Waals surface area (Å²) in [5.74, 6) is 0.635. The van der Waals surface area contributed by atoms with E-state index in [2.05, 4.69) is 0 Å². The molecule has 3 heteroatoms. The maximum absolute atomic E-state index is 11.8. The van der Waals surface area contributed by atoms with E-state index in [4.69, 9.17) is 4.52 Å². The second kappa shape index (κ2) is 4.91. The Kier molecular flexibility index (Phi) is 3.33. The van der Waals surface area contributed by atoms with Crippen LogP contribution in [0.1, 0.15) is 5.56 Å². The fourth-order valence-electron chi connectivity index (χ4n) is 1.30. The molecule has 0 radical (unpaired) electrons. The van der Waals surface area contributed by atoms with Gasteiger partial charge in [-0.15, -0.1) is 0 Å². The monoisotopic (exact) mass is 231 g/mol. The van der Waals surface area contributed by atoms with E-state index in [1.165, 1.54) is 0 Å². The normalized spacial score (nSPS) is 10.9. The van der Waals surface area contributed by atoms with Gasteiger partial charge in [-0.25, -0.2) is 0 Å². The maximum atomic E-state index is 11.8. The Morgan fingerprint density at radius 3 is 2.19 bits per heavy atom. The van der Waals surface area contributed by atoms with Gasteiger partial charge >= 0.3 is 8.03 Å². The van der Waals surface area contributed by atoms with E-state index in [-0.39, 0.29) is 0 Å². The first-order chi connectivity index (χ1) is 7.75. The fraction of sp³-hybridized carbons (Fsp3) is 0.0769. The lowest BCUT2D eigenvalue weighted by Gasteiger charge is -1.94. The molecule has 2 aromatic rings. The van der Waals surface area contributed by atoms with Crippen molar-refractivity contribution in [3.63, 3.8) is 0 Å². The van der Waals surface area contributed by atoms with Crippen LogP contribution in [0.2, 0.25) is 0 Å². The average molecular weight is 231 g/mol. The van der Waals surface area contributed by atoms with Gasteiger partial charge in [0.05, 0.1) is 0 Å². The molecule has 0 aliphatic rings. The highest BCUT2D eigenvalue weighted by atomic mass is 31.1. The number of hydrogen-bond acceptors (Lipinski definition) is 2. The van der Waals surface area contributed by atoms with Gasteiger partial charge in [-0.05, 0) is 35.8 Å². The molecule has 0 amide bonds. The molecule has 0 heterocycles. The predicted molar refractivity (Wildman–Crippen MR) is 65.5 cm³/mol. The second-order valence-corrected chi connectivity index (χ2v) is 4.71. The number of rotatable bonds is 3. The third-order valence-electron chi connectivity index (χ3n) is 2.18. The number of hydrogen-bond donors (Lipinski definition) is 0. The molecule has 1 unspecified atom stereocenters. The van der Waals surface area contributed by atoms with Crippen LogP contribution in [0.3, 0.4) is 0 Å². The Morgan fingerprint density at radius 1 is 0.938 bits per heavy atom. The number of benzene rings is 2. The summed E-state index contributed by atoms with van der Waals surface area (Å²) in [4.78, 5) is 0. The van der Waals surface area contributed by atoms with Crippen LogP contribution in [0.25, 0.3) is 0 Å². The topological polar surface area (TPSA) is 26.3 Å². The van der Waals surface area contributed by atoms with E-state index in [1.54, 1.807) is 12.1 Å². The fourth-order valence-corrected chi connectivity index (χ4v) is 2.13. The largest absolute Gasteiger partial charge is 0.597 e. The van der Waals surface area contributed by atoms with Crippen molar-refractivity contribution in [2.24, 2.45) is 0 Å². The summed E-state index contributed by atoms with van der Waals surface area (Å²) in [6.07, 6.45) is 0. The van der Waals surface area contributed by atoms with E-state index in [9.17, 15) is 4.57 Å². The molecule has 2 nitrogen and oxygen atoms in total. The third kappa shape index (κ3) is 2.68. The summed E-state index contributed by atoms with van der Waals surface area (Å²) in [7, 11) is -1.81. The van der Waals surface area contributed by atoms with E-state index in [1.807, 2.05) is 49.4 Å². The summed E-state index contributed by atoms with van der Waals surface area (Å²) in [6.45, 7) is 2.00. The van der Waals surface area contributed by atoms with Crippen LogP contribution in [-0.2, 0) is 4.57 Å². The number of aryl methyl sites for hydroxylation is 1. The second-order valence-electron chi connectivity index (χ2n) is 3.50. The van der Waals surface area contributed by atoms with Crippen LogP contribution in [0.5, 0.6) is 5.75 Å². The molecule has 0 N–H and O–H groups in total. The molecule has 1 atom stereocenters. The lowest BCUT2D eigenvalue weighted by molar-refractivity contribution is 0.514. The van der Waals surface area contributed by atoms with Crippen molar-refractivity contribution in [1.82, 2.24) is 0 Å². The standard InChI is InChI=1S/C13H12O2P/c1-11-7-9-12(10-8-11)15-16(14)13-5-3-2-4-6-13/h2-10H,1H3/q+1. The summed E-state index contributed by atoms with van der Waals surface area (Å²) in [6, 6.07) is 16.7. The van der Waals surface area contributed by atoms with Gasteiger partial charge in [0.1, 0.15) is 0 Å². The molecule has 0 aliphatic heterocycles. The summed E-state index contributed by atoms with van der Waals surface area (Å²) < 4.78 is 17.2. The van der Waals surface area contributed by atoms with Gasteiger partial charge < -0.3 is 0 Å². The SMILES string of the molecule is Cc1ccc(O[P+](=O)c2ccccc2)cc1. The lowest BCUT2D eigenvalue weighted by atomic mass is 10.2. The molecular weight excluding hydrogens is 219 g/mol. The molecule has 0 bridgehead atoms. The van der Waals surface area contributed by atoms with Crippen LogP contribution in [0.15, 0.2) is 54.6 Å². The first-order valence-electron chi connectivity index (χ1n) is 5.02. The maximum Gasteiger partial charge on any atom is 0.597 e. The smallest absolute Gasteiger partial charge is 0.250 e. The summed E-state index contributed by atoms with van der Waals surface area (Å²) in [5.41, 5.74) is 1.15. The Bertz CT molecular complexity index is 477. The highest BCUT2D eigenvalue weighted by Gasteiger charge is 2.22. The first kappa shape index (κ1) is 10.8. The van der Waals surface area contributed by atoms with Crippen LogP contribution < -0.4 is 9.83 Å². The Hall–Kier alpha value is -1.66. The van der Waals surface area contributed by atoms with E-state index >= 15 is 0 Å². The Morgan fingerprint density at radius 2 is 1.56 bits per heavy atom. The van der Waals surface area contributed by atoms with Crippen LogP contribution in [0.4, 0.5) is 0 Å². The van der Waals surface area contributed by atoms with Gasteiger partial charge in [0.2, 0.25) is 5.30 Å². The molecule has 80 valence electrons. The molecule has 0 fully saturated rings. The predicted octanol–water partition coefficient (Wildman–Crippen LogP) is 3.44. The molecule has 0 spiro atoms. The summed E-state index contributed by atoms with van der Waals surface area (Å²) >= 11 is 0. The van der Waals surface area contributed by atoms with Crippen LogP contribution in [-0.4, -0.2) is 0 Å². The molecule has 0 saturated carbocycles. The van der Waals surface area contributed by atoms with Crippen LogP contribution in [0, 0.1) is 6.92 Å². The summed E-state index contributed by atoms with van der Waals surface area (Å²) in [5, 5.41) is 0.707. The van der Waals surface area contributed by atoms with Gasteiger partial charge in [-0.2, -0.15) is 0 Å². The third-order valence-corrected chi connectivity index (χ3v) is 3.27. The minimum Gasteiger partial charge on any atom is -0.250 e. The Balaban J connectivity index is 2.11. The quantitative estimate of drug-likeness (QED) is 0.756. The van der Waals surface area contributed by atoms with Gasteiger partial charge in [0.15, 0.2) is 5.75 Å². The molecule has 2 rings (SSSR count). The van der Waals surface area contributed by atoms with Crippen molar-refractivity contribution in [3.05, 3.63) is 60.2 Å². The first-order valence-corrected chi connectivity index (χ1v) is 6.20. The van der Waals surface area contributed by atoms with Crippen molar-refractivity contribution in [2.75, 3.05) is 0 Å². The highest BCUT2D eigenvalue weighted by Crippen LogP contribution is 2.26. The molecule has 2 aromatic carbocycles. The molecule has 0 aliphatic carbocycles.